The van der Waals surface area contributed by atoms with Gasteiger partial charge in [0.15, 0.2) is 0 Å². The van der Waals surface area contributed by atoms with Crippen molar-refractivity contribution in [1.29, 1.82) is 0 Å². The molecule has 0 bridgehead atoms. The number of benzene rings is 1. The van der Waals surface area contributed by atoms with Gasteiger partial charge in [-0.25, -0.2) is 0 Å². The number of hydrogen-bond acceptors (Lipinski definition) is 6. The second-order valence-corrected chi connectivity index (χ2v) is 7.09. The third kappa shape index (κ3) is 5.24. The standard InChI is InChI=1S/C18H23N3O3S/c1-2-3-6-16-20-21-18(25-16)19-17(22)13-7-9-14(10-8-13)24-12-15-5-4-11-23-15/h7-10,15H,2-6,11-12H2,1H3,(H,19,21,22). The number of anilines is 1. The van der Waals surface area contributed by atoms with Gasteiger partial charge in [-0.1, -0.05) is 24.7 Å². The lowest BCUT2D eigenvalue weighted by Crippen LogP contribution is -2.16. The zero-order valence-electron chi connectivity index (χ0n) is 14.4. The maximum atomic E-state index is 12.3. The molecule has 1 unspecified atom stereocenters. The highest BCUT2D eigenvalue weighted by Gasteiger charge is 2.16. The van der Waals surface area contributed by atoms with Gasteiger partial charge in [0.25, 0.3) is 5.91 Å². The van der Waals surface area contributed by atoms with Crippen molar-refractivity contribution in [1.82, 2.24) is 10.2 Å². The molecule has 2 heterocycles. The Balaban J connectivity index is 1.50. The number of amides is 1. The van der Waals surface area contributed by atoms with E-state index in [1.165, 1.54) is 11.3 Å². The Morgan fingerprint density at radius 1 is 1.36 bits per heavy atom. The first-order valence-electron chi connectivity index (χ1n) is 8.73. The van der Waals surface area contributed by atoms with Crippen LogP contribution < -0.4 is 10.1 Å². The van der Waals surface area contributed by atoms with Crippen molar-refractivity contribution in [3.63, 3.8) is 0 Å². The number of ether oxygens (including phenoxy) is 2. The van der Waals surface area contributed by atoms with E-state index in [0.29, 0.717) is 17.3 Å². The molecule has 0 spiro atoms. The highest BCUT2D eigenvalue weighted by Crippen LogP contribution is 2.20. The van der Waals surface area contributed by atoms with Crippen molar-refractivity contribution in [2.75, 3.05) is 18.5 Å². The summed E-state index contributed by atoms with van der Waals surface area (Å²) >= 11 is 1.43. The average molecular weight is 361 g/mol. The van der Waals surface area contributed by atoms with Crippen molar-refractivity contribution in [2.24, 2.45) is 0 Å². The summed E-state index contributed by atoms with van der Waals surface area (Å²) in [6.07, 6.45) is 5.42. The Bertz CT molecular complexity index is 681. The van der Waals surface area contributed by atoms with E-state index in [2.05, 4.69) is 22.4 Å². The summed E-state index contributed by atoms with van der Waals surface area (Å²) < 4.78 is 11.2. The summed E-state index contributed by atoms with van der Waals surface area (Å²) in [5, 5.41) is 12.4. The average Bonchev–Trinajstić information content (AvgIpc) is 3.30. The molecule has 2 aromatic rings. The normalized spacial score (nSPS) is 16.8. The lowest BCUT2D eigenvalue weighted by Gasteiger charge is -2.11. The van der Waals surface area contributed by atoms with E-state index in [9.17, 15) is 4.79 Å². The Hall–Kier alpha value is -1.99. The minimum absolute atomic E-state index is 0.183. The molecule has 3 rings (SSSR count). The maximum Gasteiger partial charge on any atom is 0.257 e. The van der Waals surface area contributed by atoms with Crippen LogP contribution in [0.5, 0.6) is 5.75 Å². The number of aromatic nitrogens is 2. The largest absolute Gasteiger partial charge is 0.491 e. The van der Waals surface area contributed by atoms with Crippen LogP contribution >= 0.6 is 11.3 Å². The highest BCUT2D eigenvalue weighted by atomic mass is 32.1. The zero-order valence-corrected chi connectivity index (χ0v) is 15.2. The van der Waals surface area contributed by atoms with Gasteiger partial charge in [0, 0.05) is 18.6 Å². The molecule has 1 fully saturated rings. The van der Waals surface area contributed by atoms with Crippen LogP contribution in [0.25, 0.3) is 0 Å². The first-order valence-corrected chi connectivity index (χ1v) is 9.54. The predicted molar refractivity (Wildman–Crippen MR) is 97.4 cm³/mol. The highest BCUT2D eigenvalue weighted by molar-refractivity contribution is 7.15. The molecule has 1 aliphatic rings. The second-order valence-electron chi connectivity index (χ2n) is 6.03. The van der Waals surface area contributed by atoms with Gasteiger partial charge in [0.2, 0.25) is 5.13 Å². The van der Waals surface area contributed by atoms with E-state index < -0.39 is 0 Å². The monoisotopic (exact) mass is 361 g/mol. The molecule has 7 heteroatoms. The van der Waals surface area contributed by atoms with Gasteiger partial charge in [0.05, 0.1) is 6.10 Å². The number of carbonyl (C=O) groups is 1. The van der Waals surface area contributed by atoms with Crippen LogP contribution in [-0.2, 0) is 11.2 Å². The molecule has 1 amide bonds. The van der Waals surface area contributed by atoms with Gasteiger partial charge < -0.3 is 9.47 Å². The van der Waals surface area contributed by atoms with E-state index in [4.69, 9.17) is 9.47 Å². The van der Waals surface area contributed by atoms with E-state index in [1.807, 2.05) is 0 Å². The SMILES string of the molecule is CCCCc1nnc(NC(=O)c2ccc(OCC3CCCO3)cc2)s1. The molecule has 1 aromatic carbocycles. The fraction of sp³-hybridized carbons (Fsp3) is 0.500. The summed E-state index contributed by atoms with van der Waals surface area (Å²) in [7, 11) is 0. The van der Waals surface area contributed by atoms with Crippen LogP contribution in [0.1, 0.15) is 48.0 Å². The Kier molecular flexibility index (Phi) is 6.36. The van der Waals surface area contributed by atoms with Gasteiger partial charge in [0.1, 0.15) is 17.4 Å². The van der Waals surface area contributed by atoms with Gasteiger partial charge in [-0.05, 0) is 43.5 Å². The molecule has 1 atom stereocenters. The van der Waals surface area contributed by atoms with E-state index in [0.717, 1.165) is 49.5 Å². The Morgan fingerprint density at radius 2 is 2.20 bits per heavy atom. The predicted octanol–water partition coefficient (Wildman–Crippen LogP) is 3.69. The molecule has 0 radical (unpaired) electrons. The van der Waals surface area contributed by atoms with Crippen molar-refractivity contribution < 1.29 is 14.3 Å². The molecule has 134 valence electrons. The number of rotatable bonds is 8. The van der Waals surface area contributed by atoms with Gasteiger partial charge in [-0.3, -0.25) is 10.1 Å². The van der Waals surface area contributed by atoms with E-state index in [-0.39, 0.29) is 12.0 Å². The number of carbonyl (C=O) groups excluding carboxylic acids is 1. The van der Waals surface area contributed by atoms with Crippen LogP contribution in [0.15, 0.2) is 24.3 Å². The number of aryl methyl sites for hydroxylation is 1. The minimum Gasteiger partial charge on any atom is -0.491 e. The van der Waals surface area contributed by atoms with Crippen molar-refractivity contribution in [3.05, 3.63) is 34.8 Å². The lowest BCUT2D eigenvalue weighted by molar-refractivity contribution is 0.0679. The maximum absolute atomic E-state index is 12.3. The Morgan fingerprint density at radius 3 is 2.92 bits per heavy atom. The quantitative estimate of drug-likeness (QED) is 0.776. The van der Waals surface area contributed by atoms with Crippen LogP contribution in [-0.4, -0.2) is 35.4 Å². The van der Waals surface area contributed by atoms with Gasteiger partial charge >= 0.3 is 0 Å². The third-order valence-electron chi connectivity index (χ3n) is 4.01. The van der Waals surface area contributed by atoms with Crippen molar-refractivity contribution in [3.8, 4) is 5.75 Å². The van der Waals surface area contributed by atoms with E-state index >= 15 is 0 Å². The van der Waals surface area contributed by atoms with Crippen LogP contribution in [0.3, 0.4) is 0 Å². The summed E-state index contributed by atoms with van der Waals surface area (Å²) in [5.74, 6) is 0.550. The van der Waals surface area contributed by atoms with E-state index in [1.54, 1.807) is 24.3 Å². The Labute approximate surface area is 151 Å². The summed E-state index contributed by atoms with van der Waals surface area (Å²) in [6.45, 7) is 3.51. The summed E-state index contributed by atoms with van der Waals surface area (Å²) in [4.78, 5) is 12.3. The fourth-order valence-electron chi connectivity index (χ4n) is 2.57. The van der Waals surface area contributed by atoms with Gasteiger partial charge in [-0.15, -0.1) is 10.2 Å². The van der Waals surface area contributed by atoms with Crippen LogP contribution in [0.2, 0.25) is 0 Å². The topological polar surface area (TPSA) is 73.3 Å². The molecular formula is C18H23N3O3S. The summed E-state index contributed by atoms with van der Waals surface area (Å²) in [6, 6.07) is 7.10. The molecule has 25 heavy (non-hydrogen) atoms. The fourth-order valence-corrected chi connectivity index (χ4v) is 3.35. The minimum atomic E-state index is -0.191. The second kappa shape index (κ2) is 8.92. The number of unbranched alkanes of at least 4 members (excludes halogenated alkanes) is 1. The van der Waals surface area contributed by atoms with Crippen molar-refractivity contribution in [2.45, 2.75) is 45.1 Å². The zero-order chi connectivity index (χ0) is 17.5. The van der Waals surface area contributed by atoms with Crippen molar-refractivity contribution >= 4 is 22.4 Å². The van der Waals surface area contributed by atoms with Gasteiger partial charge in [-0.2, -0.15) is 0 Å². The molecule has 1 N–H and O–H groups in total. The first-order chi connectivity index (χ1) is 12.2. The summed E-state index contributed by atoms with van der Waals surface area (Å²) in [5.41, 5.74) is 0.565. The number of nitrogens with zero attached hydrogens (tertiary/aromatic N) is 2. The molecule has 1 saturated heterocycles. The molecule has 1 aromatic heterocycles. The molecule has 6 nitrogen and oxygen atoms in total. The molecule has 1 aliphatic heterocycles. The number of hydrogen-bond donors (Lipinski definition) is 1. The molecule has 0 aliphatic carbocycles. The third-order valence-corrected chi connectivity index (χ3v) is 4.91. The molecular weight excluding hydrogens is 338 g/mol. The van der Waals surface area contributed by atoms with Crippen LogP contribution in [0, 0.1) is 0 Å². The lowest BCUT2D eigenvalue weighted by atomic mass is 10.2. The first kappa shape index (κ1) is 17.8. The molecule has 0 saturated carbocycles. The van der Waals surface area contributed by atoms with Crippen LogP contribution in [0.4, 0.5) is 5.13 Å². The smallest absolute Gasteiger partial charge is 0.257 e. The number of nitrogens with one attached hydrogen (secondary N) is 1.